The Labute approximate surface area is 144 Å². The Hall–Kier alpha value is -2.10. The summed E-state index contributed by atoms with van der Waals surface area (Å²) in [6, 6.07) is 5.54. The van der Waals surface area contributed by atoms with Crippen molar-refractivity contribution < 1.29 is 14.3 Å². The molecule has 0 spiro atoms. The Kier molecular flexibility index (Phi) is 6.59. The molecular formula is C20H27NO3. The third-order valence-corrected chi connectivity index (χ3v) is 4.39. The Balaban J connectivity index is 1.80. The Morgan fingerprint density at radius 3 is 2.71 bits per heavy atom. The Morgan fingerprint density at radius 2 is 2.04 bits per heavy atom. The molecule has 0 bridgehead atoms. The number of allylic oxidation sites excluding steroid dienone is 1. The summed E-state index contributed by atoms with van der Waals surface area (Å²) in [5.41, 5.74) is 3.87. The molecule has 0 radical (unpaired) electrons. The fraction of sp³-hybridized carbons (Fsp3) is 0.500. The molecule has 24 heavy (non-hydrogen) atoms. The second-order valence-corrected chi connectivity index (χ2v) is 6.52. The highest BCUT2D eigenvalue weighted by Gasteiger charge is 2.19. The minimum Gasteiger partial charge on any atom is -0.449 e. The van der Waals surface area contributed by atoms with E-state index in [0.29, 0.717) is 12.1 Å². The molecule has 0 fully saturated rings. The van der Waals surface area contributed by atoms with E-state index in [1.807, 2.05) is 26.0 Å². The highest BCUT2D eigenvalue weighted by atomic mass is 16.5. The molecule has 1 aliphatic rings. The molecule has 1 aromatic rings. The number of ether oxygens (including phenoxy) is 1. The molecule has 1 atom stereocenters. The molecule has 0 aliphatic heterocycles. The lowest BCUT2D eigenvalue weighted by atomic mass is 9.97. The minimum atomic E-state index is -0.793. The maximum Gasteiger partial charge on any atom is 0.339 e. The van der Waals surface area contributed by atoms with Gasteiger partial charge in [0.2, 0.25) is 0 Å². The van der Waals surface area contributed by atoms with Crippen molar-refractivity contribution in [1.82, 2.24) is 5.32 Å². The van der Waals surface area contributed by atoms with Gasteiger partial charge in [0.1, 0.15) is 0 Å². The topological polar surface area (TPSA) is 55.4 Å². The summed E-state index contributed by atoms with van der Waals surface area (Å²) in [4.78, 5) is 24.3. The van der Waals surface area contributed by atoms with Gasteiger partial charge in [-0.15, -0.1) is 0 Å². The van der Waals surface area contributed by atoms with Gasteiger partial charge in [-0.05, 0) is 64.5 Å². The zero-order valence-electron chi connectivity index (χ0n) is 14.9. The van der Waals surface area contributed by atoms with Gasteiger partial charge in [-0.3, -0.25) is 4.79 Å². The molecule has 0 unspecified atom stereocenters. The van der Waals surface area contributed by atoms with Crippen molar-refractivity contribution >= 4 is 11.9 Å². The fourth-order valence-electron chi connectivity index (χ4n) is 2.94. The Morgan fingerprint density at radius 1 is 1.25 bits per heavy atom. The molecule has 1 aromatic carbocycles. The number of nitrogens with one attached hydrogen (secondary N) is 1. The van der Waals surface area contributed by atoms with Crippen molar-refractivity contribution in [3.8, 4) is 0 Å². The van der Waals surface area contributed by atoms with E-state index in [0.717, 1.165) is 30.4 Å². The smallest absolute Gasteiger partial charge is 0.339 e. The predicted octanol–water partition coefficient (Wildman–Crippen LogP) is 3.86. The SMILES string of the molecule is Cc1ccc(C(=O)O[C@@H](C)C(=O)NCCC2=CCCCC2)c(C)c1. The van der Waals surface area contributed by atoms with Crippen molar-refractivity contribution in [1.29, 1.82) is 0 Å². The molecule has 0 saturated heterocycles. The van der Waals surface area contributed by atoms with Crippen LogP contribution < -0.4 is 5.32 Å². The van der Waals surface area contributed by atoms with Gasteiger partial charge in [0, 0.05) is 6.54 Å². The molecule has 130 valence electrons. The first-order valence-electron chi connectivity index (χ1n) is 8.71. The van der Waals surface area contributed by atoms with E-state index in [9.17, 15) is 9.59 Å². The van der Waals surface area contributed by atoms with Crippen LogP contribution in [0.1, 0.15) is 60.5 Å². The van der Waals surface area contributed by atoms with Gasteiger partial charge in [0.25, 0.3) is 5.91 Å². The fourth-order valence-corrected chi connectivity index (χ4v) is 2.94. The molecule has 1 aliphatic carbocycles. The standard InChI is InChI=1S/C20H27NO3/c1-14-9-10-18(15(2)13-14)20(23)24-16(3)19(22)21-12-11-17-7-5-4-6-8-17/h7,9-10,13,16H,4-6,8,11-12H2,1-3H3,(H,21,22)/t16-/m0/s1. The quantitative estimate of drug-likeness (QED) is 0.637. The molecule has 0 heterocycles. The first-order valence-corrected chi connectivity index (χ1v) is 8.71. The number of hydrogen-bond donors (Lipinski definition) is 1. The van der Waals surface area contributed by atoms with E-state index in [1.165, 1.54) is 18.4 Å². The molecule has 4 nitrogen and oxygen atoms in total. The van der Waals surface area contributed by atoms with Gasteiger partial charge in [-0.1, -0.05) is 29.3 Å². The van der Waals surface area contributed by atoms with Gasteiger partial charge in [-0.2, -0.15) is 0 Å². The summed E-state index contributed by atoms with van der Waals surface area (Å²) in [5, 5.41) is 2.85. The molecule has 0 aromatic heterocycles. The van der Waals surface area contributed by atoms with Crippen LogP contribution in [0.5, 0.6) is 0 Å². The highest BCUT2D eigenvalue weighted by molar-refractivity contribution is 5.93. The summed E-state index contributed by atoms with van der Waals surface area (Å²) in [7, 11) is 0. The van der Waals surface area contributed by atoms with E-state index in [1.54, 1.807) is 13.0 Å². The first-order chi connectivity index (χ1) is 11.5. The average Bonchev–Trinajstić information content (AvgIpc) is 2.55. The minimum absolute atomic E-state index is 0.246. The zero-order chi connectivity index (χ0) is 17.5. The molecule has 2 rings (SSSR count). The van der Waals surface area contributed by atoms with Crippen LogP contribution in [0, 0.1) is 13.8 Å². The summed E-state index contributed by atoms with van der Waals surface area (Å²) in [6.07, 6.45) is 7.15. The van der Waals surface area contributed by atoms with Crippen LogP contribution in [-0.2, 0) is 9.53 Å². The molecule has 1 amide bonds. The number of esters is 1. The predicted molar refractivity (Wildman–Crippen MR) is 95.0 cm³/mol. The van der Waals surface area contributed by atoms with Crippen molar-refractivity contribution in [3.63, 3.8) is 0 Å². The molecule has 4 heteroatoms. The van der Waals surface area contributed by atoms with E-state index in [-0.39, 0.29) is 5.91 Å². The highest BCUT2D eigenvalue weighted by Crippen LogP contribution is 2.19. The van der Waals surface area contributed by atoms with Gasteiger partial charge < -0.3 is 10.1 Å². The number of hydrogen-bond acceptors (Lipinski definition) is 3. The van der Waals surface area contributed by atoms with E-state index in [4.69, 9.17) is 4.74 Å². The van der Waals surface area contributed by atoms with E-state index >= 15 is 0 Å². The van der Waals surface area contributed by atoms with Gasteiger partial charge in [0.15, 0.2) is 6.10 Å². The second-order valence-electron chi connectivity index (χ2n) is 6.52. The number of carbonyl (C=O) groups is 2. The number of amides is 1. The van der Waals surface area contributed by atoms with Crippen molar-refractivity contribution in [2.45, 2.75) is 59.0 Å². The number of benzene rings is 1. The van der Waals surface area contributed by atoms with Crippen molar-refractivity contribution in [3.05, 3.63) is 46.5 Å². The lowest BCUT2D eigenvalue weighted by Crippen LogP contribution is -2.36. The maximum absolute atomic E-state index is 12.2. The summed E-state index contributed by atoms with van der Waals surface area (Å²) >= 11 is 0. The van der Waals surface area contributed by atoms with Crippen LogP contribution >= 0.6 is 0 Å². The average molecular weight is 329 g/mol. The molecular weight excluding hydrogens is 302 g/mol. The van der Waals surface area contributed by atoms with Crippen LogP contribution in [0.25, 0.3) is 0 Å². The number of carbonyl (C=O) groups excluding carboxylic acids is 2. The van der Waals surface area contributed by atoms with Crippen LogP contribution in [0.4, 0.5) is 0 Å². The van der Waals surface area contributed by atoms with Gasteiger partial charge >= 0.3 is 5.97 Å². The lowest BCUT2D eigenvalue weighted by molar-refractivity contribution is -0.129. The number of rotatable bonds is 6. The van der Waals surface area contributed by atoms with E-state index in [2.05, 4.69) is 11.4 Å². The summed E-state index contributed by atoms with van der Waals surface area (Å²) < 4.78 is 5.30. The Bertz CT molecular complexity index is 634. The number of aryl methyl sites for hydroxylation is 2. The van der Waals surface area contributed by atoms with Crippen LogP contribution in [0.3, 0.4) is 0 Å². The van der Waals surface area contributed by atoms with Crippen molar-refractivity contribution in [2.24, 2.45) is 0 Å². The monoisotopic (exact) mass is 329 g/mol. The van der Waals surface area contributed by atoms with E-state index < -0.39 is 12.1 Å². The van der Waals surface area contributed by atoms with Crippen LogP contribution in [0.15, 0.2) is 29.8 Å². The maximum atomic E-state index is 12.2. The van der Waals surface area contributed by atoms with Crippen molar-refractivity contribution in [2.75, 3.05) is 6.54 Å². The summed E-state index contributed by atoms with van der Waals surface area (Å²) in [6.45, 7) is 6.04. The lowest BCUT2D eigenvalue weighted by Gasteiger charge is -2.16. The van der Waals surface area contributed by atoms with Gasteiger partial charge in [0.05, 0.1) is 5.56 Å². The normalized spacial score (nSPS) is 15.4. The third kappa shape index (κ3) is 5.22. The molecule has 0 saturated carbocycles. The van der Waals surface area contributed by atoms with Crippen LogP contribution in [-0.4, -0.2) is 24.5 Å². The second kappa shape index (κ2) is 8.67. The molecule has 1 N–H and O–H groups in total. The van der Waals surface area contributed by atoms with Gasteiger partial charge in [-0.25, -0.2) is 4.79 Å². The zero-order valence-corrected chi connectivity index (χ0v) is 14.9. The third-order valence-electron chi connectivity index (χ3n) is 4.39. The first kappa shape index (κ1) is 18.2. The van der Waals surface area contributed by atoms with Crippen LogP contribution in [0.2, 0.25) is 0 Å². The largest absolute Gasteiger partial charge is 0.449 e. The summed E-state index contributed by atoms with van der Waals surface area (Å²) in [5.74, 6) is -0.699.